The summed E-state index contributed by atoms with van der Waals surface area (Å²) in [6, 6.07) is 6.69. The van der Waals surface area contributed by atoms with Crippen molar-refractivity contribution in [3.05, 3.63) is 35.4 Å². The van der Waals surface area contributed by atoms with Crippen LogP contribution >= 0.6 is 0 Å². The van der Waals surface area contributed by atoms with E-state index in [1.165, 1.54) is 4.90 Å². The molecule has 1 heterocycles. The third kappa shape index (κ3) is 1.99. The predicted molar refractivity (Wildman–Crippen MR) is 70.1 cm³/mol. The molecule has 0 aromatic heterocycles. The van der Waals surface area contributed by atoms with Crippen molar-refractivity contribution < 1.29 is 19.1 Å². The maximum absolute atomic E-state index is 12.4. The summed E-state index contributed by atoms with van der Waals surface area (Å²) < 4.78 is 4.99. The number of hydrogen-bond acceptors (Lipinski definition) is 4. The quantitative estimate of drug-likeness (QED) is 0.622. The fourth-order valence-electron chi connectivity index (χ4n) is 3.10. The zero-order valence-electron chi connectivity index (χ0n) is 11.0. The lowest BCUT2D eigenvalue weighted by molar-refractivity contribution is -0.135. The van der Waals surface area contributed by atoms with E-state index in [0.717, 1.165) is 19.3 Å². The van der Waals surface area contributed by atoms with Gasteiger partial charge in [0.15, 0.2) is 0 Å². The fourth-order valence-corrected chi connectivity index (χ4v) is 3.10. The van der Waals surface area contributed by atoms with Gasteiger partial charge in [0.1, 0.15) is 6.10 Å². The lowest BCUT2D eigenvalue weighted by Gasteiger charge is -2.33. The molecule has 5 heteroatoms. The van der Waals surface area contributed by atoms with Gasteiger partial charge in [-0.25, -0.2) is 0 Å². The number of benzene rings is 1. The molecule has 1 aliphatic carbocycles. The van der Waals surface area contributed by atoms with E-state index in [9.17, 15) is 14.4 Å². The summed E-state index contributed by atoms with van der Waals surface area (Å²) in [5.74, 6) is -0.468. The van der Waals surface area contributed by atoms with Crippen molar-refractivity contribution in [2.24, 2.45) is 0 Å². The molecule has 2 unspecified atom stereocenters. The molecule has 5 nitrogen and oxygen atoms in total. The molecule has 0 N–H and O–H groups in total. The summed E-state index contributed by atoms with van der Waals surface area (Å²) in [5.41, 5.74) is 0.937. The monoisotopic (exact) mass is 273 g/mol. The largest absolute Gasteiger partial charge is 0.465 e. The minimum absolute atomic E-state index is 0.180. The van der Waals surface area contributed by atoms with Gasteiger partial charge in [0.25, 0.3) is 18.3 Å². The average molecular weight is 273 g/mol. The van der Waals surface area contributed by atoms with Crippen molar-refractivity contribution in [2.75, 3.05) is 0 Å². The molecule has 20 heavy (non-hydrogen) atoms. The smallest absolute Gasteiger partial charge is 0.293 e. The highest BCUT2D eigenvalue weighted by Gasteiger charge is 2.41. The fraction of sp³-hybridized carbons (Fsp3) is 0.400. The Morgan fingerprint density at radius 2 is 1.75 bits per heavy atom. The van der Waals surface area contributed by atoms with E-state index in [4.69, 9.17) is 4.74 Å². The van der Waals surface area contributed by atoms with Crippen molar-refractivity contribution in [1.29, 1.82) is 0 Å². The number of carbonyl (C=O) groups excluding carboxylic acids is 3. The third-order valence-electron chi connectivity index (χ3n) is 4.04. The number of nitrogens with zero attached hydrogens (tertiary/aromatic N) is 1. The van der Waals surface area contributed by atoms with E-state index in [0.29, 0.717) is 24.0 Å². The zero-order chi connectivity index (χ0) is 14.1. The zero-order valence-corrected chi connectivity index (χ0v) is 11.0. The number of ether oxygens (including phenoxy) is 1. The topological polar surface area (TPSA) is 63.7 Å². The van der Waals surface area contributed by atoms with Crippen LogP contribution in [0.25, 0.3) is 0 Å². The number of carbonyl (C=O) groups is 3. The van der Waals surface area contributed by atoms with Crippen molar-refractivity contribution in [3.8, 4) is 0 Å². The lowest BCUT2D eigenvalue weighted by atomic mass is 9.91. The number of rotatable bonds is 3. The molecular weight excluding hydrogens is 258 g/mol. The summed E-state index contributed by atoms with van der Waals surface area (Å²) in [6.07, 6.45) is 2.74. The Morgan fingerprint density at radius 1 is 1.10 bits per heavy atom. The van der Waals surface area contributed by atoms with Gasteiger partial charge >= 0.3 is 0 Å². The second-order valence-electron chi connectivity index (χ2n) is 5.20. The first-order valence-corrected chi connectivity index (χ1v) is 6.78. The van der Waals surface area contributed by atoms with Crippen LogP contribution in [0.15, 0.2) is 24.3 Å². The molecule has 2 aliphatic rings. The highest BCUT2D eigenvalue weighted by atomic mass is 16.5. The molecule has 3 rings (SSSR count). The number of imide groups is 1. The molecule has 2 amide bonds. The van der Waals surface area contributed by atoms with Crippen molar-refractivity contribution >= 4 is 18.3 Å². The summed E-state index contributed by atoms with van der Waals surface area (Å²) in [5, 5.41) is 0. The SMILES string of the molecule is O=COC1CCCC(N2C(=O)c3ccccc3C2=O)C1. The Kier molecular flexibility index (Phi) is 3.26. The van der Waals surface area contributed by atoms with E-state index in [-0.39, 0.29) is 24.0 Å². The van der Waals surface area contributed by atoms with Crippen LogP contribution in [0, 0.1) is 0 Å². The van der Waals surface area contributed by atoms with Crippen LogP contribution in [0.1, 0.15) is 46.4 Å². The van der Waals surface area contributed by atoms with Crippen LogP contribution < -0.4 is 0 Å². The normalized spacial score (nSPS) is 25.5. The van der Waals surface area contributed by atoms with Crippen molar-refractivity contribution in [1.82, 2.24) is 4.90 Å². The highest BCUT2D eigenvalue weighted by molar-refractivity contribution is 6.21. The van der Waals surface area contributed by atoms with Gasteiger partial charge < -0.3 is 4.74 Å². The van der Waals surface area contributed by atoms with Gasteiger partial charge in [-0.05, 0) is 31.4 Å². The molecule has 1 fully saturated rings. The number of amides is 2. The van der Waals surface area contributed by atoms with Crippen LogP contribution in [-0.4, -0.2) is 35.3 Å². The summed E-state index contributed by atoms with van der Waals surface area (Å²) in [7, 11) is 0. The molecular formula is C15H15NO4. The lowest BCUT2D eigenvalue weighted by Crippen LogP contribution is -2.44. The maximum atomic E-state index is 12.4. The second-order valence-corrected chi connectivity index (χ2v) is 5.20. The molecule has 0 bridgehead atoms. The van der Waals surface area contributed by atoms with Gasteiger partial charge in [0.2, 0.25) is 0 Å². The second kappa shape index (κ2) is 5.07. The van der Waals surface area contributed by atoms with E-state index >= 15 is 0 Å². The maximum Gasteiger partial charge on any atom is 0.293 e. The average Bonchev–Trinajstić information content (AvgIpc) is 2.72. The van der Waals surface area contributed by atoms with Gasteiger partial charge in [-0.3, -0.25) is 19.3 Å². The Morgan fingerprint density at radius 3 is 2.35 bits per heavy atom. The minimum atomic E-state index is -0.234. The van der Waals surface area contributed by atoms with Crippen molar-refractivity contribution in [2.45, 2.75) is 37.8 Å². The van der Waals surface area contributed by atoms with Crippen LogP contribution in [-0.2, 0) is 9.53 Å². The summed E-state index contributed by atoms with van der Waals surface area (Å²) >= 11 is 0. The van der Waals surface area contributed by atoms with E-state index in [2.05, 4.69) is 0 Å². The first-order chi connectivity index (χ1) is 9.72. The molecule has 1 aromatic rings. The van der Waals surface area contributed by atoms with Gasteiger partial charge in [-0.15, -0.1) is 0 Å². The van der Waals surface area contributed by atoms with Gasteiger partial charge in [-0.1, -0.05) is 12.1 Å². The highest BCUT2D eigenvalue weighted by Crippen LogP contribution is 2.31. The van der Waals surface area contributed by atoms with Crippen LogP contribution in [0.2, 0.25) is 0 Å². The van der Waals surface area contributed by atoms with Gasteiger partial charge in [0, 0.05) is 12.5 Å². The molecule has 1 aromatic carbocycles. The Labute approximate surface area is 116 Å². The first-order valence-electron chi connectivity index (χ1n) is 6.78. The number of fused-ring (bicyclic) bond motifs is 1. The Balaban J connectivity index is 1.83. The molecule has 0 radical (unpaired) electrons. The molecule has 2 atom stereocenters. The van der Waals surface area contributed by atoms with E-state index in [1.54, 1.807) is 24.3 Å². The first kappa shape index (κ1) is 12.8. The molecule has 0 saturated heterocycles. The Bertz CT molecular complexity index is 534. The Hall–Kier alpha value is -2.17. The molecule has 0 spiro atoms. The minimum Gasteiger partial charge on any atom is -0.465 e. The summed E-state index contributed by atoms with van der Waals surface area (Å²) in [4.78, 5) is 36.5. The van der Waals surface area contributed by atoms with Gasteiger partial charge in [0.05, 0.1) is 11.1 Å². The van der Waals surface area contributed by atoms with Gasteiger partial charge in [-0.2, -0.15) is 0 Å². The molecule has 104 valence electrons. The summed E-state index contributed by atoms with van der Waals surface area (Å²) in [6.45, 7) is 0.440. The number of hydrogen-bond donors (Lipinski definition) is 0. The van der Waals surface area contributed by atoms with Crippen LogP contribution in [0.4, 0.5) is 0 Å². The predicted octanol–water partition coefficient (Wildman–Crippen LogP) is 1.77. The standard InChI is InChI=1S/C15H15NO4/c17-9-20-11-5-3-4-10(8-11)16-14(18)12-6-1-2-7-13(12)15(16)19/h1-2,6-7,9-11H,3-5,8H2. The molecule has 1 aliphatic heterocycles. The van der Waals surface area contributed by atoms with E-state index < -0.39 is 0 Å². The van der Waals surface area contributed by atoms with Crippen LogP contribution in [0.3, 0.4) is 0 Å². The van der Waals surface area contributed by atoms with E-state index in [1.807, 2.05) is 0 Å². The third-order valence-corrected chi connectivity index (χ3v) is 4.04. The van der Waals surface area contributed by atoms with Crippen molar-refractivity contribution in [3.63, 3.8) is 0 Å². The van der Waals surface area contributed by atoms with Crippen LogP contribution in [0.5, 0.6) is 0 Å². The molecule has 1 saturated carbocycles.